The molecule has 1 saturated heterocycles. The van der Waals surface area contributed by atoms with Crippen LogP contribution in [0.25, 0.3) is 0 Å². The second kappa shape index (κ2) is 6.39. The average Bonchev–Trinajstić information content (AvgIpc) is 2.40. The second-order valence-corrected chi connectivity index (χ2v) is 5.52. The van der Waals surface area contributed by atoms with E-state index in [2.05, 4.69) is 29.9 Å². The Morgan fingerprint density at radius 1 is 1.53 bits per heavy atom. The maximum absolute atomic E-state index is 13.6. The van der Waals surface area contributed by atoms with Gasteiger partial charge in [-0.1, -0.05) is 6.42 Å². The first-order valence-electron chi connectivity index (χ1n) is 6.55. The van der Waals surface area contributed by atoms with E-state index in [1.165, 1.54) is 31.0 Å². The Morgan fingerprint density at radius 3 is 3.05 bits per heavy atom. The fourth-order valence-electron chi connectivity index (χ4n) is 2.40. The molecule has 104 valence electrons. The number of amides is 1. The van der Waals surface area contributed by atoms with E-state index in [9.17, 15) is 9.18 Å². The van der Waals surface area contributed by atoms with Crippen LogP contribution in [0.3, 0.4) is 0 Å². The summed E-state index contributed by atoms with van der Waals surface area (Å²) in [5, 5.41) is 2.81. The summed E-state index contributed by atoms with van der Waals surface area (Å²) in [4.78, 5) is 14.8. The van der Waals surface area contributed by atoms with Crippen LogP contribution in [0, 0.1) is 5.82 Å². The van der Waals surface area contributed by atoms with E-state index in [0.717, 1.165) is 13.0 Å². The van der Waals surface area contributed by atoms with Gasteiger partial charge in [0.25, 0.3) is 5.91 Å². The molecule has 3 nitrogen and oxygen atoms in total. The van der Waals surface area contributed by atoms with Crippen LogP contribution < -0.4 is 5.32 Å². The van der Waals surface area contributed by atoms with Crippen LogP contribution >= 0.6 is 12.6 Å². The summed E-state index contributed by atoms with van der Waals surface area (Å²) >= 11 is 4.13. The second-order valence-electron chi connectivity index (χ2n) is 5.00. The van der Waals surface area contributed by atoms with Gasteiger partial charge < -0.3 is 10.2 Å². The van der Waals surface area contributed by atoms with Crippen molar-refractivity contribution in [3.8, 4) is 0 Å². The minimum Gasteiger partial charge on any atom is -0.350 e. The molecule has 1 N–H and O–H groups in total. The molecule has 1 aromatic carbocycles. The Balaban J connectivity index is 1.95. The highest BCUT2D eigenvalue weighted by molar-refractivity contribution is 7.80. The molecule has 1 unspecified atom stereocenters. The maximum atomic E-state index is 13.6. The highest BCUT2D eigenvalue weighted by Gasteiger charge is 2.20. The number of carbonyl (C=O) groups excluding carboxylic acids is 1. The lowest BCUT2D eigenvalue weighted by atomic mass is 10.0. The van der Waals surface area contributed by atoms with Gasteiger partial charge in [-0.15, -0.1) is 12.6 Å². The average molecular weight is 282 g/mol. The molecule has 0 bridgehead atoms. The molecule has 1 heterocycles. The molecule has 1 aliphatic heterocycles. The molecule has 1 amide bonds. The topological polar surface area (TPSA) is 32.3 Å². The van der Waals surface area contributed by atoms with Crippen molar-refractivity contribution in [1.29, 1.82) is 0 Å². The van der Waals surface area contributed by atoms with Gasteiger partial charge >= 0.3 is 0 Å². The van der Waals surface area contributed by atoms with Crippen LogP contribution in [0.1, 0.15) is 29.6 Å². The molecule has 5 heteroatoms. The number of hydrogen-bond donors (Lipinski definition) is 2. The first-order chi connectivity index (χ1) is 9.08. The molecular weight excluding hydrogens is 263 g/mol. The van der Waals surface area contributed by atoms with Gasteiger partial charge in [-0.25, -0.2) is 4.39 Å². The zero-order chi connectivity index (χ0) is 13.8. The number of likely N-dealkylation sites (tertiary alicyclic amines) is 1. The Kier molecular flexibility index (Phi) is 4.82. The Labute approximate surface area is 118 Å². The van der Waals surface area contributed by atoms with Crippen molar-refractivity contribution in [1.82, 2.24) is 10.2 Å². The monoisotopic (exact) mass is 282 g/mol. The molecule has 1 fully saturated rings. The normalized spacial score (nSPS) is 20.3. The lowest BCUT2D eigenvalue weighted by molar-refractivity contribution is 0.0924. The van der Waals surface area contributed by atoms with Crippen LogP contribution in [-0.2, 0) is 0 Å². The van der Waals surface area contributed by atoms with E-state index in [1.54, 1.807) is 0 Å². The first-order valence-corrected chi connectivity index (χ1v) is 6.99. The quantitative estimate of drug-likeness (QED) is 0.834. The van der Waals surface area contributed by atoms with Gasteiger partial charge in [-0.05, 0) is 44.6 Å². The van der Waals surface area contributed by atoms with Crippen molar-refractivity contribution in [2.45, 2.75) is 30.2 Å². The summed E-state index contributed by atoms with van der Waals surface area (Å²) in [6, 6.07) is 4.60. The van der Waals surface area contributed by atoms with E-state index in [1.807, 2.05) is 0 Å². The number of halogens is 1. The van der Waals surface area contributed by atoms with E-state index in [-0.39, 0.29) is 11.5 Å². The van der Waals surface area contributed by atoms with Crippen molar-refractivity contribution in [3.63, 3.8) is 0 Å². The van der Waals surface area contributed by atoms with Gasteiger partial charge in [0.05, 0.1) is 5.56 Å². The SMILES string of the molecule is CN1CCCCC1CNC(=O)c1cc(S)ccc1F. The molecular formula is C14H19FN2OS. The van der Waals surface area contributed by atoms with E-state index >= 15 is 0 Å². The standard InChI is InChI=1S/C14H19FN2OS/c1-17-7-3-2-4-10(17)9-16-14(18)12-8-11(19)5-6-13(12)15/h5-6,8,10,19H,2-4,7,9H2,1H3,(H,16,18). The Morgan fingerprint density at radius 2 is 2.32 bits per heavy atom. The predicted octanol–water partition coefficient (Wildman–Crippen LogP) is 2.33. The summed E-state index contributed by atoms with van der Waals surface area (Å²) < 4.78 is 13.6. The van der Waals surface area contributed by atoms with Crippen LogP contribution in [0.4, 0.5) is 4.39 Å². The molecule has 0 aliphatic carbocycles. The summed E-state index contributed by atoms with van der Waals surface area (Å²) in [5.74, 6) is -0.875. The van der Waals surface area contributed by atoms with Gasteiger partial charge in [-0.2, -0.15) is 0 Å². The highest BCUT2D eigenvalue weighted by Crippen LogP contribution is 2.16. The summed E-state index contributed by atoms with van der Waals surface area (Å²) in [6.07, 6.45) is 3.47. The summed E-state index contributed by atoms with van der Waals surface area (Å²) in [5.41, 5.74) is 0.0611. The molecule has 1 aromatic rings. The van der Waals surface area contributed by atoms with E-state index in [4.69, 9.17) is 0 Å². The lowest BCUT2D eigenvalue weighted by Gasteiger charge is -2.32. The maximum Gasteiger partial charge on any atom is 0.254 e. The molecule has 19 heavy (non-hydrogen) atoms. The van der Waals surface area contributed by atoms with Gasteiger partial charge in [0.2, 0.25) is 0 Å². The zero-order valence-corrected chi connectivity index (χ0v) is 11.9. The highest BCUT2D eigenvalue weighted by atomic mass is 32.1. The molecule has 2 rings (SSSR count). The molecule has 1 aliphatic rings. The number of piperidine rings is 1. The third-order valence-corrected chi connectivity index (χ3v) is 3.89. The molecule has 0 saturated carbocycles. The number of thiol groups is 1. The van der Waals surface area contributed by atoms with Gasteiger partial charge in [-0.3, -0.25) is 4.79 Å². The van der Waals surface area contributed by atoms with Gasteiger partial charge in [0.1, 0.15) is 5.82 Å². The molecule has 0 aromatic heterocycles. The number of rotatable bonds is 3. The number of benzene rings is 1. The Hall–Kier alpha value is -1.07. The molecule has 0 radical (unpaired) electrons. The van der Waals surface area contributed by atoms with Crippen molar-refractivity contribution in [2.24, 2.45) is 0 Å². The van der Waals surface area contributed by atoms with Crippen LogP contribution in [0.15, 0.2) is 23.1 Å². The third kappa shape index (κ3) is 3.70. The van der Waals surface area contributed by atoms with Crippen molar-refractivity contribution in [3.05, 3.63) is 29.6 Å². The number of carbonyl (C=O) groups is 1. The summed E-state index contributed by atoms with van der Waals surface area (Å²) in [6.45, 7) is 1.62. The van der Waals surface area contributed by atoms with Gasteiger partial charge in [0.15, 0.2) is 0 Å². The van der Waals surface area contributed by atoms with Gasteiger partial charge in [0, 0.05) is 17.5 Å². The number of nitrogens with zero attached hydrogens (tertiary/aromatic N) is 1. The van der Waals surface area contributed by atoms with Crippen molar-refractivity contribution < 1.29 is 9.18 Å². The predicted molar refractivity (Wildman–Crippen MR) is 76.3 cm³/mol. The van der Waals surface area contributed by atoms with Crippen molar-refractivity contribution in [2.75, 3.05) is 20.1 Å². The zero-order valence-electron chi connectivity index (χ0n) is 11.0. The smallest absolute Gasteiger partial charge is 0.254 e. The lowest BCUT2D eigenvalue weighted by Crippen LogP contribution is -2.44. The fraction of sp³-hybridized carbons (Fsp3) is 0.500. The Bertz CT molecular complexity index is 467. The first kappa shape index (κ1) is 14.3. The van der Waals surface area contributed by atoms with E-state index < -0.39 is 5.82 Å². The van der Waals surface area contributed by atoms with Crippen molar-refractivity contribution >= 4 is 18.5 Å². The number of hydrogen-bond acceptors (Lipinski definition) is 3. The largest absolute Gasteiger partial charge is 0.350 e. The van der Waals surface area contributed by atoms with Crippen LogP contribution in [0.5, 0.6) is 0 Å². The summed E-state index contributed by atoms with van der Waals surface area (Å²) in [7, 11) is 2.06. The van der Waals surface area contributed by atoms with Crippen LogP contribution in [0.2, 0.25) is 0 Å². The van der Waals surface area contributed by atoms with E-state index in [0.29, 0.717) is 17.5 Å². The third-order valence-electron chi connectivity index (χ3n) is 3.61. The number of likely N-dealkylation sites (N-methyl/N-ethyl adjacent to an activating group) is 1. The minimum atomic E-state index is -0.507. The minimum absolute atomic E-state index is 0.0611. The molecule has 1 atom stereocenters. The molecule has 0 spiro atoms. The number of nitrogens with one attached hydrogen (secondary N) is 1. The van der Waals surface area contributed by atoms with Crippen LogP contribution in [-0.4, -0.2) is 37.0 Å². The fourth-order valence-corrected chi connectivity index (χ4v) is 2.60.